The third-order valence-corrected chi connectivity index (χ3v) is 7.37. The molecule has 2 N–H and O–H groups in total. The van der Waals surface area contributed by atoms with E-state index < -0.39 is 32.5 Å². The quantitative estimate of drug-likeness (QED) is 0.0239. The standard InChI is InChI=1S/C41H63O8P/c1-3-5-7-9-11-13-15-17-19-20-22-24-26-28-30-32-34-36-41(43)49-39(38-48-50(44,45)46)37-47-40(42)35-33-31-29-27-25-23-21-18-16-14-12-10-8-6-4-2/h5-8,10-14,16-19,21-22,24,28,30,39H,3-4,9,15,20,23,25-27,29,31-38H2,1-2H3,(H2,44,45,46)/b7-5+,8-6+,12-10+,13-11+,16-14+,19-17+,21-18+,24-22+,30-28+/t39-/m1/s1. The molecule has 0 saturated carbocycles. The molecule has 0 radical (unpaired) electrons. The lowest BCUT2D eigenvalue weighted by Crippen LogP contribution is -2.29. The van der Waals surface area contributed by atoms with Crippen LogP contribution in [0.1, 0.15) is 117 Å². The van der Waals surface area contributed by atoms with Gasteiger partial charge in [0.25, 0.3) is 0 Å². The Morgan fingerprint density at radius 2 is 1.02 bits per heavy atom. The van der Waals surface area contributed by atoms with Crippen molar-refractivity contribution in [3.05, 3.63) is 109 Å². The van der Waals surface area contributed by atoms with Gasteiger partial charge in [-0.25, -0.2) is 4.57 Å². The second-order valence-electron chi connectivity index (χ2n) is 11.5. The monoisotopic (exact) mass is 714 g/mol. The van der Waals surface area contributed by atoms with Crippen molar-refractivity contribution in [3.8, 4) is 0 Å². The first kappa shape index (κ1) is 46.7. The van der Waals surface area contributed by atoms with Gasteiger partial charge in [0.1, 0.15) is 6.61 Å². The molecule has 280 valence electrons. The normalized spacial score (nSPS) is 13.8. The Labute approximate surface area is 302 Å². The summed E-state index contributed by atoms with van der Waals surface area (Å²) in [5.74, 6) is -0.996. The van der Waals surface area contributed by atoms with Gasteiger partial charge in [-0.1, -0.05) is 142 Å². The number of esters is 2. The fourth-order valence-electron chi connectivity index (χ4n) is 4.24. The molecule has 0 aliphatic heterocycles. The van der Waals surface area contributed by atoms with E-state index in [1.54, 1.807) is 0 Å². The van der Waals surface area contributed by atoms with Crippen LogP contribution < -0.4 is 0 Å². The van der Waals surface area contributed by atoms with E-state index in [9.17, 15) is 14.2 Å². The van der Waals surface area contributed by atoms with E-state index in [1.165, 1.54) is 0 Å². The molecule has 0 heterocycles. The first-order chi connectivity index (χ1) is 24.3. The van der Waals surface area contributed by atoms with Crippen LogP contribution in [0.2, 0.25) is 0 Å². The van der Waals surface area contributed by atoms with Crippen molar-refractivity contribution in [1.29, 1.82) is 0 Å². The molecule has 1 atom stereocenters. The third kappa shape index (κ3) is 37.5. The minimum Gasteiger partial charge on any atom is -0.462 e. The van der Waals surface area contributed by atoms with Gasteiger partial charge >= 0.3 is 19.8 Å². The molecule has 8 nitrogen and oxygen atoms in total. The number of hydrogen-bond donors (Lipinski definition) is 2. The van der Waals surface area contributed by atoms with Crippen molar-refractivity contribution in [3.63, 3.8) is 0 Å². The van der Waals surface area contributed by atoms with Crippen LogP contribution in [0.4, 0.5) is 0 Å². The van der Waals surface area contributed by atoms with E-state index >= 15 is 0 Å². The van der Waals surface area contributed by atoms with Crippen LogP contribution in [0.15, 0.2) is 109 Å². The average molecular weight is 715 g/mol. The molecule has 0 amide bonds. The summed E-state index contributed by atoms with van der Waals surface area (Å²) >= 11 is 0. The van der Waals surface area contributed by atoms with Gasteiger partial charge in [-0.2, -0.15) is 0 Å². The van der Waals surface area contributed by atoms with Crippen LogP contribution in [0.3, 0.4) is 0 Å². The summed E-state index contributed by atoms with van der Waals surface area (Å²) in [5.41, 5.74) is 0. The highest BCUT2D eigenvalue weighted by Gasteiger charge is 2.22. The Morgan fingerprint density at radius 3 is 1.62 bits per heavy atom. The minimum atomic E-state index is -4.78. The van der Waals surface area contributed by atoms with Gasteiger partial charge in [-0.3, -0.25) is 14.1 Å². The highest BCUT2D eigenvalue weighted by Crippen LogP contribution is 2.35. The number of rotatable bonds is 31. The zero-order valence-corrected chi connectivity index (χ0v) is 31.4. The molecule has 0 rings (SSSR count). The Bertz CT molecular complexity index is 1170. The van der Waals surface area contributed by atoms with Crippen molar-refractivity contribution < 1.29 is 37.9 Å². The summed E-state index contributed by atoms with van der Waals surface area (Å²) in [4.78, 5) is 42.7. The molecular weight excluding hydrogens is 651 g/mol. The number of ether oxygens (including phenoxy) is 2. The van der Waals surface area contributed by atoms with Gasteiger partial charge in [0.15, 0.2) is 6.10 Å². The van der Waals surface area contributed by atoms with Crippen molar-refractivity contribution in [2.24, 2.45) is 0 Å². The Morgan fingerprint density at radius 1 is 0.540 bits per heavy atom. The molecule has 0 aromatic heterocycles. The van der Waals surface area contributed by atoms with E-state index in [-0.39, 0.29) is 19.4 Å². The summed E-state index contributed by atoms with van der Waals surface area (Å²) in [6.45, 7) is 3.33. The lowest BCUT2D eigenvalue weighted by molar-refractivity contribution is -0.161. The Balaban J connectivity index is 4.17. The summed E-state index contributed by atoms with van der Waals surface area (Å²) in [5, 5.41) is 0. The van der Waals surface area contributed by atoms with Crippen molar-refractivity contribution >= 4 is 19.8 Å². The molecule has 0 spiro atoms. The molecule has 0 bridgehead atoms. The number of phosphoric acid groups is 1. The number of phosphoric ester groups is 1. The Hall–Kier alpha value is -3.29. The summed E-state index contributed by atoms with van der Waals surface area (Å²) in [7, 11) is -4.78. The predicted octanol–water partition coefficient (Wildman–Crippen LogP) is 10.8. The number of allylic oxidation sites excluding steroid dienone is 18. The van der Waals surface area contributed by atoms with Crippen molar-refractivity contribution in [2.75, 3.05) is 13.2 Å². The Kier molecular flexibility index (Phi) is 33.2. The highest BCUT2D eigenvalue weighted by atomic mass is 31.2. The largest absolute Gasteiger partial charge is 0.469 e. The van der Waals surface area contributed by atoms with Crippen LogP contribution in [0.25, 0.3) is 0 Å². The SMILES string of the molecule is CC/C=C/C=C/C=C/C=C/CCCCCCCC(=O)OC[C@H](COP(=O)(O)O)OC(=O)CCC/C=C/C/C=C/C/C=C/C/C=C/C/C=C/CC. The van der Waals surface area contributed by atoms with Gasteiger partial charge in [0.05, 0.1) is 6.61 Å². The number of carbonyl (C=O) groups excluding carboxylic acids is 2. The molecule has 50 heavy (non-hydrogen) atoms. The van der Waals surface area contributed by atoms with Crippen LogP contribution in [-0.2, 0) is 28.2 Å². The molecule has 0 aromatic rings. The first-order valence-corrected chi connectivity index (χ1v) is 19.8. The lowest BCUT2D eigenvalue weighted by atomic mass is 10.1. The van der Waals surface area contributed by atoms with E-state index in [1.807, 2.05) is 48.6 Å². The van der Waals surface area contributed by atoms with Gasteiger partial charge in [-0.15, -0.1) is 0 Å². The van der Waals surface area contributed by atoms with Gasteiger partial charge in [0.2, 0.25) is 0 Å². The van der Waals surface area contributed by atoms with Crippen molar-refractivity contribution in [1.82, 2.24) is 0 Å². The fourth-order valence-corrected chi connectivity index (χ4v) is 4.60. The zero-order chi connectivity index (χ0) is 36.8. The molecular formula is C41H63O8P. The number of unbranched alkanes of at least 4 members (excludes halogenated alkanes) is 6. The topological polar surface area (TPSA) is 119 Å². The van der Waals surface area contributed by atoms with Crippen molar-refractivity contribution in [2.45, 2.75) is 123 Å². The third-order valence-electron chi connectivity index (χ3n) is 6.88. The smallest absolute Gasteiger partial charge is 0.462 e. The van der Waals surface area contributed by atoms with Gasteiger partial charge in [0, 0.05) is 12.8 Å². The van der Waals surface area contributed by atoms with Crippen LogP contribution in [0, 0.1) is 0 Å². The molecule has 0 aromatic carbocycles. The van der Waals surface area contributed by atoms with Gasteiger partial charge in [-0.05, 0) is 70.6 Å². The van der Waals surface area contributed by atoms with Gasteiger partial charge < -0.3 is 19.3 Å². The average Bonchev–Trinajstić information content (AvgIpc) is 3.08. The fraction of sp³-hybridized carbons (Fsp3) is 0.512. The van der Waals surface area contributed by atoms with Crippen LogP contribution in [-0.4, -0.2) is 41.0 Å². The summed E-state index contributed by atoms with van der Waals surface area (Å²) in [6, 6.07) is 0. The maximum absolute atomic E-state index is 12.3. The molecule has 0 aliphatic rings. The maximum Gasteiger partial charge on any atom is 0.469 e. The summed E-state index contributed by atoms with van der Waals surface area (Å²) < 4.78 is 26.2. The van der Waals surface area contributed by atoms with E-state index in [0.29, 0.717) is 19.3 Å². The second kappa shape index (κ2) is 35.5. The molecule has 0 saturated heterocycles. The first-order valence-electron chi connectivity index (χ1n) is 18.2. The van der Waals surface area contributed by atoms with E-state index in [4.69, 9.17) is 19.3 Å². The molecule has 9 heteroatoms. The molecule has 0 fully saturated rings. The molecule has 0 aliphatic carbocycles. The minimum absolute atomic E-state index is 0.120. The number of carbonyl (C=O) groups is 2. The molecule has 0 unspecified atom stereocenters. The maximum atomic E-state index is 12.3. The highest BCUT2D eigenvalue weighted by molar-refractivity contribution is 7.46. The van der Waals surface area contributed by atoms with Crippen LogP contribution >= 0.6 is 7.82 Å². The van der Waals surface area contributed by atoms with E-state index in [0.717, 1.165) is 70.6 Å². The second-order valence-corrected chi connectivity index (χ2v) is 12.8. The number of hydrogen-bond acceptors (Lipinski definition) is 6. The summed E-state index contributed by atoms with van der Waals surface area (Å²) in [6.07, 6.45) is 49.5. The lowest BCUT2D eigenvalue weighted by Gasteiger charge is -2.18. The van der Waals surface area contributed by atoms with E-state index in [2.05, 4.69) is 79.1 Å². The zero-order valence-electron chi connectivity index (χ0n) is 30.5. The van der Waals surface area contributed by atoms with Crippen LogP contribution in [0.5, 0.6) is 0 Å². The predicted molar refractivity (Wildman–Crippen MR) is 206 cm³/mol.